The largest absolute Gasteiger partial charge is 0.412 e. The average molecular weight is 236 g/mol. The number of carbonyl (C=O) groups is 1. The molecule has 0 saturated carbocycles. The molecule has 17 heavy (non-hydrogen) atoms. The molecule has 0 saturated heterocycles. The first-order valence-electron chi connectivity index (χ1n) is 5.61. The van der Waals surface area contributed by atoms with E-state index in [9.17, 15) is 9.70 Å². The molecule has 1 rings (SSSR count). The minimum atomic E-state index is -0.481. The third-order valence-corrected chi connectivity index (χ3v) is 2.46. The molecular weight excluding hydrogens is 220 g/mol. The van der Waals surface area contributed by atoms with Gasteiger partial charge in [-0.05, 0) is 42.3 Å². The summed E-state index contributed by atoms with van der Waals surface area (Å²) < 4.78 is 5.05. The molecular formula is C12H16N2O3. The highest BCUT2D eigenvalue weighted by molar-refractivity contribution is 5.70. The first-order valence-corrected chi connectivity index (χ1v) is 5.61. The van der Waals surface area contributed by atoms with Crippen LogP contribution in [0.25, 0.3) is 0 Å². The van der Waals surface area contributed by atoms with E-state index in [0.717, 1.165) is 12.8 Å². The van der Waals surface area contributed by atoms with Crippen LogP contribution < -0.4 is 10.1 Å². The Kier molecular flexibility index (Phi) is 5.13. The van der Waals surface area contributed by atoms with Crippen molar-refractivity contribution in [3.05, 3.63) is 29.2 Å². The normalized spacial score (nSPS) is 10.1. The van der Waals surface area contributed by atoms with Crippen LogP contribution in [0.2, 0.25) is 0 Å². The number of amides is 1. The van der Waals surface area contributed by atoms with Gasteiger partial charge in [0.05, 0.1) is 0 Å². The van der Waals surface area contributed by atoms with Crippen LogP contribution in [0.15, 0.2) is 29.4 Å². The predicted molar refractivity (Wildman–Crippen MR) is 65.4 cm³/mol. The summed E-state index contributed by atoms with van der Waals surface area (Å²) >= 11 is 0. The number of ether oxygens (including phenoxy) is 1. The average Bonchev–Trinajstić information content (AvgIpc) is 2.37. The van der Waals surface area contributed by atoms with Crippen molar-refractivity contribution in [1.29, 1.82) is 0 Å². The molecule has 0 fully saturated rings. The Morgan fingerprint density at radius 3 is 2.35 bits per heavy atom. The SMILES string of the molecule is CCC(CC)NC(=O)Oc1ccc(N=O)cc1. The third kappa shape index (κ3) is 4.22. The molecule has 5 heteroatoms. The van der Waals surface area contributed by atoms with Crippen molar-refractivity contribution in [2.75, 3.05) is 0 Å². The minimum absolute atomic E-state index is 0.124. The van der Waals surface area contributed by atoms with E-state index < -0.39 is 6.09 Å². The Balaban J connectivity index is 2.52. The van der Waals surface area contributed by atoms with Crippen LogP contribution >= 0.6 is 0 Å². The molecule has 0 bridgehead atoms. The molecule has 92 valence electrons. The quantitative estimate of drug-likeness (QED) is 0.797. The number of nitrogens with zero attached hydrogens (tertiary/aromatic N) is 1. The van der Waals surface area contributed by atoms with Gasteiger partial charge in [-0.25, -0.2) is 4.79 Å². The maximum absolute atomic E-state index is 11.5. The van der Waals surface area contributed by atoms with Crippen LogP contribution in [-0.4, -0.2) is 12.1 Å². The number of benzene rings is 1. The molecule has 1 aromatic rings. The number of hydrogen-bond donors (Lipinski definition) is 1. The molecule has 0 aromatic heterocycles. The number of carbonyl (C=O) groups excluding carboxylic acids is 1. The van der Waals surface area contributed by atoms with Crippen LogP contribution in [0.5, 0.6) is 5.75 Å². The standard InChI is InChI=1S/C12H16N2O3/c1-3-9(4-2)13-12(15)17-11-7-5-10(14-16)6-8-11/h5-9H,3-4H2,1-2H3,(H,13,15). The monoisotopic (exact) mass is 236 g/mol. The number of nitroso groups, excluding NO2 is 1. The highest BCUT2D eigenvalue weighted by Crippen LogP contribution is 2.17. The maximum Gasteiger partial charge on any atom is 0.412 e. The number of nitrogens with one attached hydrogen (secondary N) is 1. The van der Waals surface area contributed by atoms with E-state index in [0.29, 0.717) is 11.4 Å². The lowest BCUT2D eigenvalue weighted by Crippen LogP contribution is -2.35. The molecule has 0 unspecified atom stereocenters. The Morgan fingerprint density at radius 2 is 1.88 bits per heavy atom. The van der Waals surface area contributed by atoms with E-state index in [1.165, 1.54) is 24.3 Å². The van der Waals surface area contributed by atoms with Crippen molar-refractivity contribution in [3.8, 4) is 5.75 Å². The van der Waals surface area contributed by atoms with Gasteiger partial charge in [-0.2, -0.15) is 0 Å². The molecule has 1 N–H and O–H groups in total. The van der Waals surface area contributed by atoms with Crippen LogP contribution in [0.1, 0.15) is 26.7 Å². The zero-order valence-electron chi connectivity index (χ0n) is 9.97. The number of hydrogen-bond acceptors (Lipinski definition) is 4. The van der Waals surface area contributed by atoms with Crippen molar-refractivity contribution in [1.82, 2.24) is 5.32 Å². The lowest BCUT2D eigenvalue weighted by Gasteiger charge is -2.14. The van der Waals surface area contributed by atoms with E-state index in [2.05, 4.69) is 10.5 Å². The van der Waals surface area contributed by atoms with Crippen LogP contribution in [0.4, 0.5) is 10.5 Å². The fourth-order valence-electron chi connectivity index (χ4n) is 1.37. The third-order valence-electron chi connectivity index (χ3n) is 2.46. The van der Waals surface area contributed by atoms with Gasteiger partial charge in [0.2, 0.25) is 0 Å². The second kappa shape index (κ2) is 6.62. The van der Waals surface area contributed by atoms with Crippen molar-refractivity contribution in [2.45, 2.75) is 32.7 Å². The first-order chi connectivity index (χ1) is 8.19. The van der Waals surface area contributed by atoms with E-state index >= 15 is 0 Å². The van der Waals surface area contributed by atoms with E-state index in [1.807, 2.05) is 13.8 Å². The van der Waals surface area contributed by atoms with E-state index in [1.54, 1.807) is 0 Å². The summed E-state index contributed by atoms with van der Waals surface area (Å²) in [7, 11) is 0. The smallest absolute Gasteiger partial charge is 0.410 e. The van der Waals surface area contributed by atoms with Gasteiger partial charge in [0.15, 0.2) is 0 Å². The Hall–Kier alpha value is -1.91. The predicted octanol–water partition coefficient (Wildman–Crippen LogP) is 3.36. The van der Waals surface area contributed by atoms with Gasteiger partial charge in [0.1, 0.15) is 11.4 Å². The minimum Gasteiger partial charge on any atom is -0.410 e. The van der Waals surface area contributed by atoms with Crippen molar-refractivity contribution in [2.24, 2.45) is 5.18 Å². The summed E-state index contributed by atoms with van der Waals surface area (Å²) in [5, 5.41) is 5.51. The van der Waals surface area contributed by atoms with Gasteiger partial charge >= 0.3 is 6.09 Å². The molecule has 5 nitrogen and oxygen atoms in total. The topological polar surface area (TPSA) is 67.8 Å². The fraction of sp³-hybridized carbons (Fsp3) is 0.417. The molecule has 0 aliphatic heterocycles. The summed E-state index contributed by atoms with van der Waals surface area (Å²) in [6.45, 7) is 4.00. The fourth-order valence-corrected chi connectivity index (χ4v) is 1.37. The molecule has 0 aliphatic carbocycles. The Morgan fingerprint density at radius 1 is 1.29 bits per heavy atom. The Labute approximate surface area is 100 Å². The van der Waals surface area contributed by atoms with Crippen molar-refractivity contribution < 1.29 is 9.53 Å². The van der Waals surface area contributed by atoms with Gasteiger partial charge in [-0.3, -0.25) is 0 Å². The summed E-state index contributed by atoms with van der Waals surface area (Å²) in [6, 6.07) is 6.17. The van der Waals surface area contributed by atoms with Gasteiger partial charge in [-0.15, -0.1) is 4.91 Å². The van der Waals surface area contributed by atoms with Gasteiger partial charge in [0, 0.05) is 6.04 Å². The molecule has 0 spiro atoms. The molecule has 1 amide bonds. The Bertz CT molecular complexity index is 372. The van der Waals surface area contributed by atoms with Gasteiger partial charge < -0.3 is 10.1 Å². The summed E-state index contributed by atoms with van der Waals surface area (Å²) in [5.74, 6) is 0.390. The zero-order chi connectivity index (χ0) is 12.7. The van der Waals surface area contributed by atoms with E-state index in [-0.39, 0.29) is 6.04 Å². The molecule has 1 aromatic carbocycles. The van der Waals surface area contributed by atoms with Gasteiger partial charge in [0.25, 0.3) is 0 Å². The zero-order valence-corrected chi connectivity index (χ0v) is 9.97. The summed E-state index contributed by atoms with van der Waals surface area (Å²) in [5.41, 5.74) is 0.303. The highest BCUT2D eigenvalue weighted by Gasteiger charge is 2.09. The van der Waals surface area contributed by atoms with Crippen molar-refractivity contribution >= 4 is 11.8 Å². The lowest BCUT2D eigenvalue weighted by atomic mass is 10.2. The summed E-state index contributed by atoms with van der Waals surface area (Å²) in [6.07, 6.45) is 1.24. The molecule has 0 radical (unpaired) electrons. The first kappa shape index (κ1) is 13.2. The van der Waals surface area contributed by atoms with Crippen LogP contribution in [-0.2, 0) is 0 Å². The lowest BCUT2D eigenvalue weighted by molar-refractivity contribution is 0.195. The summed E-state index contributed by atoms with van der Waals surface area (Å²) in [4.78, 5) is 21.7. The molecule has 0 heterocycles. The molecule has 0 atom stereocenters. The highest BCUT2D eigenvalue weighted by atomic mass is 16.6. The second-order valence-electron chi connectivity index (χ2n) is 3.63. The van der Waals surface area contributed by atoms with Crippen molar-refractivity contribution in [3.63, 3.8) is 0 Å². The second-order valence-corrected chi connectivity index (χ2v) is 3.63. The maximum atomic E-state index is 11.5. The number of rotatable bonds is 5. The van der Waals surface area contributed by atoms with Crippen LogP contribution in [0, 0.1) is 4.91 Å². The van der Waals surface area contributed by atoms with Gasteiger partial charge in [-0.1, -0.05) is 13.8 Å². The van der Waals surface area contributed by atoms with Crippen LogP contribution in [0.3, 0.4) is 0 Å². The van der Waals surface area contributed by atoms with E-state index in [4.69, 9.17) is 4.74 Å². The molecule has 0 aliphatic rings.